The van der Waals surface area contributed by atoms with Crippen molar-refractivity contribution < 1.29 is 0 Å². The molecule has 1 saturated carbocycles. The van der Waals surface area contributed by atoms with E-state index in [4.69, 9.17) is 7.85 Å². The van der Waals surface area contributed by atoms with Crippen molar-refractivity contribution in [1.29, 1.82) is 0 Å². The Bertz CT molecular complexity index is 53.2. The van der Waals surface area contributed by atoms with Crippen molar-refractivity contribution in [3.63, 3.8) is 0 Å². The molecule has 0 bridgehead atoms. The molecule has 2 atom stereocenters. The van der Waals surface area contributed by atoms with Crippen LogP contribution in [0.5, 0.6) is 0 Å². The smallest absolute Gasteiger partial charge is 0.0703 e. The molecule has 1 aliphatic carbocycles. The van der Waals surface area contributed by atoms with Gasteiger partial charge in [0, 0.05) is 0 Å². The van der Waals surface area contributed by atoms with Gasteiger partial charge in [-0.1, -0.05) is 32.0 Å². The Morgan fingerprint density at radius 1 is 1.43 bits per heavy atom. The van der Waals surface area contributed by atoms with E-state index in [2.05, 4.69) is 6.92 Å². The minimum Gasteiger partial charge on any atom is -0.0749 e. The Morgan fingerprint density at radius 3 is 2.29 bits per heavy atom. The van der Waals surface area contributed by atoms with Crippen molar-refractivity contribution in [2.45, 2.75) is 32.0 Å². The molecule has 1 fully saturated rings. The fourth-order valence-corrected chi connectivity index (χ4v) is 1.17. The number of hydrogen-bond acceptors (Lipinski definition) is 0. The van der Waals surface area contributed by atoms with E-state index in [1.165, 1.54) is 19.3 Å². The van der Waals surface area contributed by atoms with Gasteiger partial charge in [-0.3, -0.25) is 0 Å². The maximum atomic E-state index is 5.68. The lowest BCUT2D eigenvalue weighted by molar-refractivity contribution is 0.611. The van der Waals surface area contributed by atoms with Gasteiger partial charge in [0.2, 0.25) is 0 Å². The lowest BCUT2D eigenvalue weighted by atomic mass is 9.80. The topological polar surface area (TPSA) is 0 Å². The molecule has 0 N–H and O–H groups in total. The summed E-state index contributed by atoms with van der Waals surface area (Å²) in [6, 6.07) is 0. The predicted octanol–water partition coefficient (Wildman–Crippen LogP) is 1.76. The maximum Gasteiger partial charge on any atom is 0.0703 e. The van der Waals surface area contributed by atoms with Crippen LogP contribution in [-0.4, -0.2) is 7.85 Å². The number of hydrogen-bond donors (Lipinski definition) is 0. The first kappa shape index (κ1) is 5.21. The molecule has 1 heteroatoms. The molecule has 0 heterocycles. The third-order valence-corrected chi connectivity index (χ3v) is 1.93. The van der Waals surface area contributed by atoms with Gasteiger partial charge >= 0.3 is 0 Å². The first-order valence-corrected chi connectivity index (χ1v) is 3.06. The third kappa shape index (κ3) is 0.989. The quantitative estimate of drug-likeness (QED) is 0.401. The third-order valence-electron chi connectivity index (χ3n) is 1.93. The summed E-state index contributed by atoms with van der Waals surface area (Å²) in [7, 11) is 5.68. The second-order valence-corrected chi connectivity index (χ2v) is 2.57. The predicted molar refractivity (Wildman–Crippen MR) is 32.5 cm³/mol. The minimum atomic E-state index is 0.514. The standard InChI is InChI=1S/C6H11B/c1-5-3-2-4-6(5)7/h5-6H,2-4H2,1H3/t5-,6?/m0/s1. The van der Waals surface area contributed by atoms with E-state index in [0.29, 0.717) is 5.82 Å². The molecule has 1 aliphatic rings. The minimum absolute atomic E-state index is 0.514. The Morgan fingerprint density at radius 2 is 2.14 bits per heavy atom. The second-order valence-electron chi connectivity index (χ2n) is 2.57. The largest absolute Gasteiger partial charge is 0.0749 e. The van der Waals surface area contributed by atoms with Crippen LogP contribution >= 0.6 is 0 Å². The van der Waals surface area contributed by atoms with Gasteiger partial charge in [-0.05, 0) is 5.92 Å². The van der Waals surface area contributed by atoms with Crippen LogP contribution in [0.4, 0.5) is 0 Å². The van der Waals surface area contributed by atoms with E-state index in [1.54, 1.807) is 0 Å². The molecule has 38 valence electrons. The molecule has 0 amide bonds. The molecule has 1 rings (SSSR count). The zero-order chi connectivity index (χ0) is 5.28. The molecule has 0 nitrogen and oxygen atoms in total. The van der Waals surface area contributed by atoms with Gasteiger partial charge in [0.15, 0.2) is 0 Å². The molecule has 0 spiro atoms. The van der Waals surface area contributed by atoms with Gasteiger partial charge in [-0.2, -0.15) is 0 Å². The summed E-state index contributed by atoms with van der Waals surface area (Å²) in [5.41, 5.74) is 0. The van der Waals surface area contributed by atoms with Gasteiger partial charge in [0.1, 0.15) is 0 Å². The Balaban J connectivity index is 2.33. The van der Waals surface area contributed by atoms with Gasteiger partial charge in [-0.15, -0.1) is 0 Å². The summed E-state index contributed by atoms with van der Waals surface area (Å²) in [5, 5.41) is 0. The lowest BCUT2D eigenvalue weighted by Gasteiger charge is -2.05. The number of rotatable bonds is 0. The normalized spacial score (nSPS) is 41.9. The highest BCUT2D eigenvalue weighted by molar-refractivity contribution is 6.11. The lowest BCUT2D eigenvalue weighted by Crippen LogP contribution is -1.93. The second kappa shape index (κ2) is 1.89. The van der Waals surface area contributed by atoms with E-state index < -0.39 is 0 Å². The molecule has 2 radical (unpaired) electrons. The molecular formula is C6H11B. The Labute approximate surface area is 46.7 Å². The van der Waals surface area contributed by atoms with Crippen LogP contribution in [0.1, 0.15) is 26.2 Å². The average molecular weight is 94.0 g/mol. The Hall–Kier alpha value is 0.0649. The SMILES string of the molecule is [B]C1CCC[C@@H]1C. The molecule has 1 unspecified atom stereocenters. The van der Waals surface area contributed by atoms with Crippen LogP contribution in [0, 0.1) is 5.92 Å². The fraction of sp³-hybridized carbons (Fsp3) is 1.00. The van der Waals surface area contributed by atoms with Crippen LogP contribution in [-0.2, 0) is 0 Å². The van der Waals surface area contributed by atoms with Gasteiger partial charge in [0.05, 0.1) is 7.85 Å². The summed E-state index contributed by atoms with van der Waals surface area (Å²) in [6.07, 6.45) is 3.95. The van der Waals surface area contributed by atoms with Crippen molar-refractivity contribution in [1.82, 2.24) is 0 Å². The first-order chi connectivity index (χ1) is 3.30. The van der Waals surface area contributed by atoms with E-state index in [-0.39, 0.29) is 0 Å². The summed E-state index contributed by atoms with van der Waals surface area (Å²) in [6.45, 7) is 2.23. The van der Waals surface area contributed by atoms with Gasteiger partial charge in [-0.25, -0.2) is 0 Å². The molecule has 0 aromatic rings. The van der Waals surface area contributed by atoms with Crippen molar-refractivity contribution in [2.75, 3.05) is 0 Å². The van der Waals surface area contributed by atoms with Gasteiger partial charge < -0.3 is 0 Å². The monoisotopic (exact) mass is 94.1 g/mol. The van der Waals surface area contributed by atoms with E-state index in [0.717, 1.165) is 5.92 Å². The van der Waals surface area contributed by atoms with Crippen LogP contribution in [0.15, 0.2) is 0 Å². The molecule has 7 heavy (non-hydrogen) atoms. The van der Waals surface area contributed by atoms with Crippen molar-refractivity contribution >= 4 is 7.85 Å². The van der Waals surface area contributed by atoms with Crippen LogP contribution in [0.3, 0.4) is 0 Å². The zero-order valence-electron chi connectivity index (χ0n) is 4.85. The summed E-state index contributed by atoms with van der Waals surface area (Å²) in [5.74, 6) is 1.31. The average Bonchev–Trinajstić information content (AvgIpc) is 1.91. The van der Waals surface area contributed by atoms with Crippen LogP contribution in [0.25, 0.3) is 0 Å². The molecule has 0 aliphatic heterocycles. The van der Waals surface area contributed by atoms with E-state index in [9.17, 15) is 0 Å². The zero-order valence-corrected chi connectivity index (χ0v) is 4.85. The molecular weight excluding hydrogens is 82.9 g/mol. The van der Waals surface area contributed by atoms with E-state index >= 15 is 0 Å². The Kier molecular flexibility index (Phi) is 1.41. The highest BCUT2D eigenvalue weighted by Gasteiger charge is 2.17. The molecule has 0 aromatic heterocycles. The highest BCUT2D eigenvalue weighted by atomic mass is 14.2. The first-order valence-electron chi connectivity index (χ1n) is 3.06. The van der Waals surface area contributed by atoms with Crippen LogP contribution in [0.2, 0.25) is 5.82 Å². The van der Waals surface area contributed by atoms with Crippen molar-refractivity contribution in [2.24, 2.45) is 5.92 Å². The molecule has 0 saturated heterocycles. The van der Waals surface area contributed by atoms with Crippen molar-refractivity contribution in [3.05, 3.63) is 0 Å². The summed E-state index contributed by atoms with van der Waals surface area (Å²) < 4.78 is 0. The van der Waals surface area contributed by atoms with Gasteiger partial charge in [0.25, 0.3) is 0 Å². The van der Waals surface area contributed by atoms with Crippen molar-refractivity contribution in [3.8, 4) is 0 Å². The molecule has 0 aromatic carbocycles. The highest BCUT2D eigenvalue weighted by Crippen LogP contribution is 2.32. The van der Waals surface area contributed by atoms with Crippen LogP contribution < -0.4 is 0 Å². The fourth-order valence-electron chi connectivity index (χ4n) is 1.17. The summed E-state index contributed by atoms with van der Waals surface area (Å²) in [4.78, 5) is 0. The maximum absolute atomic E-state index is 5.68. The van der Waals surface area contributed by atoms with E-state index in [1.807, 2.05) is 0 Å². The summed E-state index contributed by atoms with van der Waals surface area (Å²) >= 11 is 0.